The molecule has 0 bridgehead atoms. The number of nitrogens with zero attached hydrogens (tertiary/aromatic N) is 3. The summed E-state index contributed by atoms with van der Waals surface area (Å²) in [5.74, 6) is 0.167. The third kappa shape index (κ3) is 1.52. The van der Waals surface area contributed by atoms with Crippen LogP contribution in [0.1, 0.15) is 5.69 Å². The van der Waals surface area contributed by atoms with Crippen molar-refractivity contribution in [1.29, 1.82) is 0 Å². The molecule has 2 heterocycles. The SMILES string of the molecule is Cc1nc2ccnn2c(N)c1-c1cccc(F)c1. The minimum atomic E-state index is -0.299. The number of aromatic nitrogens is 3. The fourth-order valence-electron chi connectivity index (χ4n) is 2.09. The fraction of sp³-hybridized carbons (Fsp3) is 0.0769. The van der Waals surface area contributed by atoms with E-state index in [1.807, 2.05) is 6.92 Å². The molecule has 0 saturated carbocycles. The van der Waals surface area contributed by atoms with Gasteiger partial charge in [0, 0.05) is 11.6 Å². The molecule has 0 atom stereocenters. The van der Waals surface area contributed by atoms with E-state index in [-0.39, 0.29) is 5.82 Å². The molecular formula is C13H11FN4. The lowest BCUT2D eigenvalue weighted by Crippen LogP contribution is -2.05. The van der Waals surface area contributed by atoms with Crippen LogP contribution in [0.5, 0.6) is 0 Å². The van der Waals surface area contributed by atoms with Crippen LogP contribution >= 0.6 is 0 Å². The first-order chi connectivity index (χ1) is 8.66. The topological polar surface area (TPSA) is 56.2 Å². The van der Waals surface area contributed by atoms with E-state index in [9.17, 15) is 4.39 Å². The number of benzene rings is 1. The number of nitrogens with two attached hydrogens (primary N) is 1. The molecule has 0 spiro atoms. The Balaban J connectivity index is 2.34. The van der Waals surface area contributed by atoms with Gasteiger partial charge in [0.2, 0.25) is 0 Å². The Morgan fingerprint density at radius 1 is 1.28 bits per heavy atom. The van der Waals surface area contributed by atoms with Crippen molar-refractivity contribution in [3.8, 4) is 11.1 Å². The molecule has 5 heteroatoms. The molecule has 0 fully saturated rings. The van der Waals surface area contributed by atoms with Crippen LogP contribution in [0.15, 0.2) is 36.5 Å². The molecule has 0 unspecified atom stereocenters. The van der Waals surface area contributed by atoms with Gasteiger partial charge < -0.3 is 5.73 Å². The Morgan fingerprint density at radius 2 is 2.11 bits per heavy atom. The van der Waals surface area contributed by atoms with Crippen LogP contribution < -0.4 is 5.73 Å². The number of aryl methyl sites for hydroxylation is 1. The summed E-state index contributed by atoms with van der Waals surface area (Å²) < 4.78 is 14.8. The zero-order valence-electron chi connectivity index (χ0n) is 9.76. The highest BCUT2D eigenvalue weighted by Crippen LogP contribution is 2.29. The Hall–Kier alpha value is -2.43. The van der Waals surface area contributed by atoms with Gasteiger partial charge >= 0.3 is 0 Å². The molecule has 0 radical (unpaired) electrons. The highest BCUT2D eigenvalue weighted by molar-refractivity contribution is 5.77. The smallest absolute Gasteiger partial charge is 0.157 e. The van der Waals surface area contributed by atoms with Gasteiger partial charge in [0.25, 0.3) is 0 Å². The van der Waals surface area contributed by atoms with E-state index >= 15 is 0 Å². The van der Waals surface area contributed by atoms with Crippen LogP contribution in [0.4, 0.5) is 10.2 Å². The summed E-state index contributed by atoms with van der Waals surface area (Å²) >= 11 is 0. The molecule has 3 aromatic rings. The third-order valence-electron chi connectivity index (χ3n) is 2.86. The van der Waals surface area contributed by atoms with Gasteiger partial charge in [-0.05, 0) is 24.6 Å². The molecule has 3 rings (SSSR count). The van der Waals surface area contributed by atoms with Crippen molar-refractivity contribution >= 4 is 11.5 Å². The highest BCUT2D eigenvalue weighted by atomic mass is 19.1. The normalized spacial score (nSPS) is 11.0. The van der Waals surface area contributed by atoms with Gasteiger partial charge in [-0.1, -0.05) is 12.1 Å². The third-order valence-corrected chi connectivity index (χ3v) is 2.86. The molecule has 18 heavy (non-hydrogen) atoms. The van der Waals surface area contributed by atoms with Gasteiger partial charge in [0.05, 0.1) is 11.9 Å². The van der Waals surface area contributed by atoms with Crippen LogP contribution in [-0.4, -0.2) is 14.6 Å². The van der Waals surface area contributed by atoms with Gasteiger partial charge in [-0.3, -0.25) is 0 Å². The van der Waals surface area contributed by atoms with E-state index in [0.29, 0.717) is 22.6 Å². The lowest BCUT2D eigenvalue weighted by molar-refractivity contribution is 0.628. The minimum absolute atomic E-state index is 0.299. The largest absolute Gasteiger partial charge is 0.383 e. The number of halogens is 1. The Morgan fingerprint density at radius 3 is 2.89 bits per heavy atom. The summed E-state index contributed by atoms with van der Waals surface area (Å²) in [6.07, 6.45) is 1.63. The second kappa shape index (κ2) is 3.80. The number of nitrogen functional groups attached to an aromatic ring is 1. The molecule has 0 aliphatic carbocycles. The number of rotatable bonds is 1. The summed E-state index contributed by atoms with van der Waals surface area (Å²) in [4.78, 5) is 4.40. The van der Waals surface area contributed by atoms with Crippen LogP contribution in [0.25, 0.3) is 16.8 Å². The van der Waals surface area contributed by atoms with Crippen LogP contribution in [0.3, 0.4) is 0 Å². The lowest BCUT2D eigenvalue weighted by Gasteiger charge is -2.10. The van der Waals surface area contributed by atoms with Crippen molar-refractivity contribution in [2.24, 2.45) is 0 Å². The van der Waals surface area contributed by atoms with Gasteiger partial charge in [-0.15, -0.1) is 0 Å². The van der Waals surface area contributed by atoms with Crippen molar-refractivity contribution in [2.75, 3.05) is 5.73 Å². The Bertz CT molecular complexity index is 733. The average molecular weight is 242 g/mol. The lowest BCUT2D eigenvalue weighted by atomic mass is 10.0. The molecule has 2 aromatic heterocycles. The molecule has 90 valence electrons. The standard InChI is InChI=1S/C13H11FN4/c1-8-12(9-3-2-4-10(14)7-9)13(15)18-11(17-8)5-6-16-18/h2-7H,15H2,1H3. The van der Waals surface area contributed by atoms with E-state index in [0.717, 1.165) is 5.69 Å². The fourth-order valence-corrected chi connectivity index (χ4v) is 2.09. The van der Waals surface area contributed by atoms with E-state index in [2.05, 4.69) is 10.1 Å². The first kappa shape index (κ1) is 10.7. The number of anilines is 1. The second-order valence-corrected chi connectivity index (χ2v) is 4.07. The summed E-state index contributed by atoms with van der Waals surface area (Å²) in [6.45, 7) is 1.85. The van der Waals surface area contributed by atoms with Gasteiger partial charge in [0.15, 0.2) is 5.65 Å². The molecule has 1 aromatic carbocycles. The van der Waals surface area contributed by atoms with Crippen molar-refractivity contribution < 1.29 is 4.39 Å². The molecule has 0 aliphatic heterocycles. The molecule has 2 N–H and O–H groups in total. The van der Waals surface area contributed by atoms with Crippen molar-refractivity contribution in [1.82, 2.24) is 14.6 Å². The van der Waals surface area contributed by atoms with Crippen LogP contribution in [0.2, 0.25) is 0 Å². The molecule has 4 nitrogen and oxygen atoms in total. The monoisotopic (exact) mass is 242 g/mol. The molecular weight excluding hydrogens is 231 g/mol. The zero-order chi connectivity index (χ0) is 12.7. The van der Waals surface area contributed by atoms with Gasteiger partial charge in [-0.25, -0.2) is 9.37 Å². The summed E-state index contributed by atoms with van der Waals surface area (Å²) in [5.41, 5.74) is 8.94. The maximum Gasteiger partial charge on any atom is 0.157 e. The summed E-state index contributed by atoms with van der Waals surface area (Å²) in [6, 6.07) is 8.07. The number of hydrogen-bond acceptors (Lipinski definition) is 3. The highest BCUT2D eigenvalue weighted by Gasteiger charge is 2.12. The van der Waals surface area contributed by atoms with Crippen LogP contribution in [0, 0.1) is 12.7 Å². The van der Waals surface area contributed by atoms with Gasteiger partial charge in [-0.2, -0.15) is 9.61 Å². The summed E-state index contributed by atoms with van der Waals surface area (Å²) in [7, 11) is 0. The first-order valence-corrected chi connectivity index (χ1v) is 5.52. The quantitative estimate of drug-likeness (QED) is 0.713. The Kier molecular flexibility index (Phi) is 2.26. The molecule has 0 saturated heterocycles. The molecule has 0 amide bonds. The van der Waals surface area contributed by atoms with Crippen molar-refractivity contribution in [2.45, 2.75) is 6.92 Å². The summed E-state index contributed by atoms with van der Waals surface area (Å²) in [5, 5.41) is 4.10. The maximum atomic E-state index is 13.3. The maximum absolute atomic E-state index is 13.3. The zero-order valence-corrected chi connectivity index (χ0v) is 9.76. The predicted octanol–water partition coefficient (Wildman–Crippen LogP) is 2.43. The van der Waals surface area contributed by atoms with E-state index in [1.54, 1.807) is 28.9 Å². The van der Waals surface area contributed by atoms with Crippen molar-refractivity contribution in [3.63, 3.8) is 0 Å². The number of hydrogen-bond donors (Lipinski definition) is 1. The molecule has 0 aliphatic rings. The Labute approximate surface area is 103 Å². The average Bonchev–Trinajstić information content (AvgIpc) is 2.77. The van der Waals surface area contributed by atoms with Crippen LogP contribution in [-0.2, 0) is 0 Å². The minimum Gasteiger partial charge on any atom is -0.383 e. The predicted molar refractivity (Wildman–Crippen MR) is 67.5 cm³/mol. The van der Waals surface area contributed by atoms with E-state index in [4.69, 9.17) is 5.73 Å². The van der Waals surface area contributed by atoms with Crippen molar-refractivity contribution in [3.05, 3.63) is 48.0 Å². The van der Waals surface area contributed by atoms with E-state index < -0.39 is 0 Å². The number of fused-ring (bicyclic) bond motifs is 1. The second-order valence-electron chi connectivity index (χ2n) is 4.07. The van der Waals surface area contributed by atoms with Gasteiger partial charge in [0.1, 0.15) is 11.6 Å². The van der Waals surface area contributed by atoms with E-state index in [1.165, 1.54) is 12.1 Å². The first-order valence-electron chi connectivity index (χ1n) is 5.52.